The number of hydrogen-bond donors (Lipinski definition) is 2. The predicted octanol–water partition coefficient (Wildman–Crippen LogP) is 7.08. The highest BCUT2D eigenvalue weighted by Gasteiger charge is 2.24. The van der Waals surface area contributed by atoms with Crippen LogP contribution in [-0.4, -0.2) is 52.1 Å². The van der Waals surface area contributed by atoms with Crippen LogP contribution in [0.2, 0.25) is 0 Å². The van der Waals surface area contributed by atoms with Gasteiger partial charge in [0.1, 0.15) is 0 Å². The third kappa shape index (κ3) is 7.42. The standard InChI is InChI=1S/C27H35N5O2S3/c1-18-8-7-11-31(14-18)15-19-9-6-10-20(12-19)29-26-30-22(16-36-26)21-13-23(37-25(21)35-5)24(28)32(17-33)34-27(2,3)4/h6,9-10,12-13,16-18,28H,7-8,11,14-15H2,1-5H3,(H,29,30). The minimum Gasteiger partial charge on any atom is -0.332 e. The topological polar surface area (TPSA) is 81.5 Å². The zero-order valence-corrected chi connectivity index (χ0v) is 24.5. The van der Waals surface area contributed by atoms with Crippen molar-refractivity contribution < 1.29 is 9.63 Å². The molecule has 1 amide bonds. The second kappa shape index (κ2) is 12.1. The molecule has 1 atom stereocenters. The average Bonchev–Trinajstić information content (AvgIpc) is 3.48. The Kier molecular flexibility index (Phi) is 9.07. The highest BCUT2D eigenvalue weighted by Crippen LogP contribution is 2.39. The number of anilines is 2. The number of likely N-dealkylation sites (tertiary alicyclic amines) is 1. The van der Waals surface area contributed by atoms with Crippen molar-refractivity contribution in [1.82, 2.24) is 14.9 Å². The van der Waals surface area contributed by atoms with E-state index in [0.717, 1.165) is 50.4 Å². The number of nitrogens with zero attached hydrogens (tertiary/aromatic N) is 3. The SMILES string of the molecule is CSc1sc(C(=N)N(C=O)OC(C)(C)C)cc1-c1csc(Nc2cccc(CN3CCCC(C)C3)c2)n1. The Bertz CT molecular complexity index is 1230. The third-order valence-electron chi connectivity index (χ3n) is 5.91. The molecule has 0 radical (unpaired) electrons. The fourth-order valence-corrected chi connectivity index (χ4v) is 6.91. The third-order valence-corrected chi connectivity index (χ3v) is 8.95. The van der Waals surface area contributed by atoms with Crippen molar-refractivity contribution >= 4 is 57.5 Å². The molecule has 1 unspecified atom stereocenters. The molecule has 3 aromatic rings. The van der Waals surface area contributed by atoms with E-state index in [0.29, 0.717) is 11.3 Å². The summed E-state index contributed by atoms with van der Waals surface area (Å²) in [6, 6.07) is 10.5. The van der Waals surface area contributed by atoms with Crippen LogP contribution in [0, 0.1) is 11.3 Å². The first-order valence-electron chi connectivity index (χ1n) is 12.4. The quantitative estimate of drug-likeness (QED) is 0.0962. The molecule has 3 heterocycles. The van der Waals surface area contributed by atoms with Crippen molar-refractivity contribution in [2.45, 2.75) is 56.9 Å². The summed E-state index contributed by atoms with van der Waals surface area (Å²) >= 11 is 4.62. The molecule has 7 nitrogen and oxygen atoms in total. The van der Waals surface area contributed by atoms with Crippen molar-refractivity contribution in [3.8, 4) is 11.3 Å². The van der Waals surface area contributed by atoms with E-state index in [1.165, 1.54) is 36.3 Å². The lowest BCUT2D eigenvalue weighted by Gasteiger charge is -2.30. The summed E-state index contributed by atoms with van der Waals surface area (Å²) in [7, 11) is 0. The van der Waals surface area contributed by atoms with Gasteiger partial charge in [-0.1, -0.05) is 19.1 Å². The van der Waals surface area contributed by atoms with Crippen molar-refractivity contribution in [3.05, 3.63) is 46.2 Å². The van der Waals surface area contributed by atoms with Gasteiger partial charge in [0.25, 0.3) is 0 Å². The van der Waals surface area contributed by atoms with Crippen molar-refractivity contribution in [2.24, 2.45) is 5.92 Å². The molecule has 1 aliphatic rings. The maximum absolute atomic E-state index is 11.6. The van der Waals surface area contributed by atoms with E-state index in [4.69, 9.17) is 15.2 Å². The normalized spacial score (nSPS) is 16.5. The molecular formula is C27H35N5O2S3. The Balaban J connectivity index is 1.48. The zero-order chi connectivity index (χ0) is 26.6. The molecule has 0 saturated carbocycles. The smallest absolute Gasteiger partial charge is 0.239 e. The van der Waals surface area contributed by atoms with E-state index in [9.17, 15) is 4.79 Å². The molecule has 0 bridgehead atoms. The van der Waals surface area contributed by atoms with Gasteiger partial charge in [-0.15, -0.1) is 34.4 Å². The number of carbonyl (C=O) groups is 1. The molecule has 0 spiro atoms. The van der Waals surface area contributed by atoms with Crippen LogP contribution >= 0.6 is 34.4 Å². The van der Waals surface area contributed by atoms with Crippen LogP contribution in [0.5, 0.6) is 0 Å². The monoisotopic (exact) mass is 557 g/mol. The van der Waals surface area contributed by atoms with Crippen molar-refractivity contribution in [3.63, 3.8) is 0 Å². The van der Waals surface area contributed by atoms with Gasteiger partial charge >= 0.3 is 0 Å². The van der Waals surface area contributed by atoms with Crippen molar-refractivity contribution in [2.75, 3.05) is 24.7 Å². The number of amidine groups is 1. The molecule has 0 aliphatic carbocycles. The fourth-order valence-electron chi connectivity index (χ4n) is 4.36. The van der Waals surface area contributed by atoms with E-state index in [1.807, 2.05) is 38.5 Å². The van der Waals surface area contributed by atoms with Gasteiger partial charge in [-0.25, -0.2) is 4.98 Å². The predicted molar refractivity (Wildman–Crippen MR) is 156 cm³/mol. The van der Waals surface area contributed by atoms with Gasteiger partial charge in [0, 0.05) is 29.7 Å². The number of carbonyl (C=O) groups excluding carboxylic acids is 1. The molecule has 1 aromatic carbocycles. The Morgan fingerprint density at radius 2 is 2.19 bits per heavy atom. The second-order valence-corrected chi connectivity index (χ2v) is 13.3. The number of thioether (sulfide) groups is 1. The van der Waals surface area contributed by atoms with Crippen LogP contribution in [0.4, 0.5) is 10.8 Å². The number of piperidine rings is 1. The zero-order valence-electron chi connectivity index (χ0n) is 22.0. The highest BCUT2D eigenvalue weighted by molar-refractivity contribution is 8.00. The molecular weight excluding hydrogens is 523 g/mol. The van der Waals surface area contributed by atoms with E-state index >= 15 is 0 Å². The summed E-state index contributed by atoms with van der Waals surface area (Å²) < 4.78 is 1.04. The first kappa shape index (κ1) is 27.8. The number of nitrogens with one attached hydrogen (secondary N) is 2. The highest BCUT2D eigenvalue weighted by atomic mass is 32.2. The Morgan fingerprint density at radius 1 is 1.38 bits per heavy atom. The molecule has 1 saturated heterocycles. The second-order valence-electron chi connectivity index (χ2n) is 10.3. The molecule has 37 heavy (non-hydrogen) atoms. The fraction of sp³-hybridized carbons (Fsp3) is 0.444. The van der Waals surface area contributed by atoms with Crippen LogP contribution in [-0.2, 0) is 16.2 Å². The van der Waals surface area contributed by atoms with Gasteiger partial charge in [-0.2, -0.15) is 5.06 Å². The number of hydrogen-bond acceptors (Lipinski definition) is 9. The largest absolute Gasteiger partial charge is 0.332 e. The Hall–Kier alpha value is -2.24. The lowest BCUT2D eigenvalue weighted by atomic mass is 10.00. The first-order chi connectivity index (χ1) is 17.6. The summed E-state index contributed by atoms with van der Waals surface area (Å²) in [4.78, 5) is 25.3. The number of thiazole rings is 1. The summed E-state index contributed by atoms with van der Waals surface area (Å²) in [6.45, 7) is 11.2. The van der Waals surface area contributed by atoms with Gasteiger partial charge in [0.05, 0.1) is 20.4 Å². The first-order valence-corrected chi connectivity index (χ1v) is 15.3. The van der Waals surface area contributed by atoms with Gasteiger partial charge in [0.2, 0.25) is 6.41 Å². The maximum atomic E-state index is 11.6. The summed E-state index contributed by atoms with van der Waals surface area (Å²) in [6.07, 6.45) is 5.15. The number of aromatic nitrogens is 1. The number of hydroxylamine groups is 2. The maximum Gasteiger partial charge on any atom is 0.239 e. The van der Waals surface area contributed by atoms with Crippen LogP contribution in [0.3, 0.4) is 0 Å². The van der Waals surface area contributed by atoms with E-state index < -0.39 is 5.60 Å². The summed E-state index contributed by atoms with van der Waals surface area (Å²) in [5, 5.41) is 15.8. The Labute approximate surface area is 231 Å². The average molecular weight is 558 g/mol. The lowest BCUT2D eigenvalue weighted by Crippen LogP contribution is -2.37. The number of benzene rings is 1. The van der Waals surface area contributed by atoms with Gasteiger partial charge in [0.15, 0.2) is 11.0 Å². The number of thiophene rings is 1. The van der Waals surface area contributed by atoms with Crippen LogP contribution in [0.1, 0.15) is 51.0 Å². The van der Waals surface area contributed by atoms with E-state index in [2.05, 4.69) is 41.4 Å². The van der Waals surface area contributed by atoms with Gasteiger partial charge in [-0.3, -0.25) is 19.9 Å². The van der Waals surface area contributed by atoms with Gasteiger partial charge in [-0.05, 0) is 76.1 Å². The molecule has 2 N–H and O–H groups in total. The molecule has 10 heteroatoms. The molecule has 2 aromatic heterocycles. The number of rotatable bonds is 9. The van der Waals surface area contributed by atoms with Crippen molar-refractivity contribution in [1.29, 1.82) is 5.41 Å². The lowest BCUT2D eigenvalue weighted by molar-refractivity contribution is -0.183. The molecule has 198 valence electrons. The summed E-state index contributed by atoms with van der Waals surface area (Å²) in [5.74, 6) is 0.786. The minimum atomic E-state index is -0.589. The summed E-state index contributed by atoms with van der Waals surface area (Å²) in [5.41, 5.74) is 3.55. The minimum absolute atomic E-state index is 0.0185. The van der Waals surface area contributed by atoms with Crippen LogP contribution in [0.15, 0.2) is 39.9 Å². The van der Waals surface area contributed by atoms with Gasteiger partial charge < -0.3 is 5.32 Å². The Morgan fingerprint density at radius 3 is 2.89 bits per heavy atom. The molecule has 1 fully saturated rings. The van der Waals surface area contributed by atoms with Crippen LogP contribution < -0.4 is 5.32 Å². The van der Waals surface area contributed by atoms with Crippen LogP contribution in [0.25, 0.3) is 11.3 Å². The molecule has 4 rings (SSSR count). The number of amides is 1. The van der Waals surface area contributed by atoms with E-state index in [1.54, 1.807) is 23.1 Å². The van der Waals surface area contributed by atoms with E-state index in [-0.39, 0.29) is 5.84 Å². The molecule has 1 aliphatic heterocycles.